The van der Waals surface area contributed by atoms with Gasteiger partial charge in [0.1, 0.15) is 0 Å². The highest BCUT2D eigenvalue weighted by molar-refractivity contribution is 6.41. The Hall–Kier alpha value is 0.00987. The monoisotopic (exact) mass is 310 g/mol. The highest BCUT2D eigenvalue weighted by Gasteiger charge is 2.32. The Balaban J connectivity index is 4.52. The van der Waals surface area contributed by atoms with Gasteiger partial charge in [-0.2, -0.15) is 0 Å². The maximum atomic E-state index is 9.76. The largest absolute Gasteiger partial charge is 0.396 e. The summed E-state index contributed by atoms with van der Waals surface area (Å²) in [5.74, 6) is 0.928. The van der Waals surface area contributed by atoms with Gasteiger partial charge in [0, 0.05) is 16.4 Å². The third kappa shape index (κ3) is 9.91. The minimum absolute atomic E-state index is 0.0442. The Labute approximate surface area is 140 Å². The highest BCUT2D eigenvalue weighted by atomic mass is 16.5. The van der Waals surface area contributed by atoms with Crippen LogP contribution in [0.25, 0.3) is 0 Å². The molecule has 0 heterocycles. The molecule has 0 saturated heterocycles. The molecule has 22 heavy (non-hydrogen) atoms. The van der Waals surface area contributed by atoms with Crippen LogP contribution in [0.2, 0.25) is 11.6 Å². The molecule has 0 aromatic heterocycles. The van der Waals surface area contributed by atoms with Gasteiger partial charge in [0.05, 0.1) is 19.8 Å². The van der Waals surface area contributed by atoms with Gasteiger partial charge in [0.25, 0.3) is 0 Å². The molecule has 2 radical (unpaired) electrons. The van der Waals surface area contributed by atoms with Crippen molar-refractivity contribution in [3.8, 4) is 0 Å². The Morgan fingerprint density at radius 3 is 1.32 bits per heavy atom. The van der Waals surface area contributed by atoms with Crippen LogP contribution < -0.4 is 0 Å². The van der Waals surface area contributed by atoms with Crippen LogP contribution in [-0.4, -0.2) is 50.5 Å². The third-order valence-electron chi connectivity index (χ3n) is 3.44. The molecule has 0 rings (SSSR count). The lowest BCUT2D eigenvalue weighted by atomic mass is 9.54. The molecular weight excluding hydrogens is 274 g/mol. The van der Waals surface area contributed by atoms with Crippen LogP contribution in [0, 0.1) is 5.41 Å². The van der Waals surface area contributed by atoms with E-state index in [-0.39, 0.29) is 17.6 Å². The van der Waals surface area contributed by atoms with Crippen molar-refractivity contribution < 1.29 is 14.6 Å². The van der Waals surface area contributed by atoms with E-state index in [0.717, 1.165) is 0 Å². The van der Waals surface area contributed by atoms with Crippen LogP contribution in [0.15, 0.2) is 0 Å². The minimum Gasteiger partial charge on any atom is -0.396 e. The van der Waals surface area contributed by atoms with E-state index in [2.05, 4.69) is 69.9 Å². The van der Waals surface area contributed by atoms with E-state index in [9.17, 15) is 5.11 Å². The second-order valence-electron chi connectivity index (χ2n) is 8.57. The topological polar surface area (TPSA) is 38.7 Å². The summed E-state index contributed by atoms with van der Waals surface area (Å²) in [6.07, 6.45) is 0. The van der Waals surface area contributed by atoms with Crippen molar-refractivity contribution in [3.63, 3.8) is 0 Å². The molecule has 0 amide bonds. The maximum absolute atomic E-state index is 9.76. The molecule has 1 N–H and O–H groups in total. The summed E-state index contributed by atoms with van der Waals surface area (Å²) < 4.78 is 12.1. The van der Waals surface area contributed by atoms with Gasteiger partial charge in [-0.05, 0) is 27.7 Å². The van der Waals surface area contributed by atoms with Crippen molar-refractivity contribution in [2.45, 2.75) is 84.9 Å². The summed E-state index contributed by atoms with van der Waals surface area (Å²) in [5, 5.41) is 9.76. The van der Waals surface area contributed by atoms with Crippen LogP contribution in [0.4, 0.5) is 0 Å². The predicted octanol–water partition coefficient (Wildman–Crippen LogP) is 3.56. The summed E-state index contributed by atoms with van der Waals surface area (Å²) >= 11 is 0. The molecule has 0 aliphatic carbocycles. The fraction of sp³-hybridized carbons (Fsp3) is 1.00. The number of hydrogen-bond acceptors (Lipinski definition) is 3. The van der Waals surface area contributed by atoms with E-state index in [0.29, 0.717) is 24.8 Å². The first-order valence-corrected chi connectivity index (χ1v) is 8.42. The van der Waals surface area contributed by atoms with Crippen LogP contribution in [0.3, 0.4) is 0 Å². The van der Waals surface area contributed by atoms with E-state index < -0.39 is 5.41 Å². The van der Waals surface area contributed by atoms with E-state index in [1.165, 1.54) is 0 Å². The van der Waals surface area contributed by atoms with Gasteiger partial charge >= 0.3 is 0 Å². The molecule has 0 spiro atoms. The van der Waals surface area contributed by atoms with Gasteiger partial charge in [-0.3, -0.25) is 0 Å². The average molecular weight is 310 g/mol. The first-order chi connectivity index (χ1) is 9.81. The summed E-state index contributed by atoms with van der Waals surface area (Å²) in [5.41, 5.74) is -1.00. The molecular formula is C17H36B2O3. The number of aliphatic hydroxyl groups excluding tert-OH is 1. The van der Waals surface area contributed by atoms with Crippen molar-refractivity contribution in [3.05, 3.63) is 0 Å². The smallest absolute Gasteiger partial charge is 0.156 e. The van der Waals surface area contributed by atoms with Crippen molar-refractivity contribution in [1.29, 1.82) is 0 Å². The second-order valence-corrected chi connectivity index (χ2v) is 8.57. The van der Waals surface area contributed by atoms with Crippen LogP contribution in [-0.2, 0) is 9.47 Å². The van der Waals surface area contributed by atoms with Crippen molar-refractivity contribution in [2.75, 3.05) is 19.8 Å². The first kappa shape index (κ1) is 22.0. The zero-order chi connectivity index (χ0) is 17.6. The van der Waals surface area contributed by atoms with Gasteiger partial charge < -0.3 is 14.6 Å². The fourth-order valence-electron chi connectivity index (χ4n) is 2.56. The number of hydrogen-bond donors (Lipinski definition) is 1. The third-order valence-corrected chi connectivity index (χ3v) is 3.44. The highest BCUT2D eigenvalue weighted by Crippen LogP contribution is 2.25. The molecule has 0 bridgehead atoms. The number of ether oxygens (including phenoxy) is 2. The summed E-state index contributed by atoms with van der Waals surface area (Å²) in [4.78, 5) is 0. The quantitative estimate of drug-likeness (QED) is 0.593. The summed E-state index contributed by atoms with van der Waals surface area (Å²) in [7, 11) is 4.37. The van der Waals surface area contributed by atoms with Gasteiger partial charge in [-0.1, -0.05) is 46.3 Å². The Morgan fingerprint density at radius 2 is 1.09 bits per heavy atom. The lowest BCUT2D eigenvalue weighted by molar-refractivity contribution is -0.0890. The lowest BCUT2D eigenvalue weighted by Gasteiger charge is -2.36. The summed E-state index contributed by atoms with van der Waals surface area (Å²) in [6.45, 7) is 19.8. The molecule has 5 heteroatoms. The molecule has 0 aliphatic heterocycles. The molecule has 0 aromatic rings. The molecule has 128 valence electrons. The van der Waals surface area contributed by atoms with E-state index >= 15 is 0 Å². The number of rotatable bonds is 11. The Morgan fingerprint density at radius 1 is 0.773 bits per heavy atom. The first-order valence-electron chi connectivity index (χ1n) is 8.42. The van der Waals surface area contributed by atoms with Crippen molar-refractivity contribution in [1.82, 2.24) is 0 Å². The van der Waals surface area contributed by atoms with E-state index in [4.69, 9.17) is 9.47 Å². The van der Waals surface area contributed by atoms with Crippen molar-refractivity contribution >= 4 is 14.6 Å². The summed E-state index contributed by atoms with van der Waals surface area (Å²) in [6, 6.07) is 0. The van der Waals surface area contributed by atoms with Gasteiger partial charge in [-0.15, -0.1) is 0 Å². The molecule has 0 atom stereocenters. The average Bonchev–Trinajstić information content (AvgIpc) is 2.31. The van der Waals surface area contributed by atoms with Gasteiger partial charge in [0.15, 0.2) is 14.6 Å². The zero-order valence-electron chi connectivity index (χ0n) is 16.2. The van der Waals surface area contributed by atoms with Crippen molar-refractivity contribution in [2.24, 2.45) is 5.41 Å². The van der Waals surface area contributed by atoms with Crippen LogP contribution in [0.5, 0.6) is 0 Å². The van der Waals surface area contributed by atoms with Crippen LogP contribution >= 0.6 is 0 Å². The minimum atomic E-state index is -0.399. The predicted molar refractivity (Wildman–Crippen MR) is 97.0 cm³/mol. The molecule has 0 aliphatic rings. The zero-order valence-corrected chi connectivity index (χ0v) is 16.2. The second kappa shape index (κ2) is 8.75. The molecule has 0 aromatic carbocycles. The maximum Gasteiger partial charge on any atom is 0.156 e. The standard InChI is InChI=1S/C17H36B2O3/c1-13(2)18-15(5,6)21-11-17(9,10-20)12-22-16(7,8)19-14(3)4/h13-14,20H,10-12H2,1-9H3. The fourth-order valence-corrected chi connectivity index (χ4v) is 2.56. The van der Waals surface area contributed by atoms with E-state index in [1.807, 2.05) is 6.92 Å². The van der Waals surface area contributed by atoms with Crippen LogP contribution in [0.1, 0.15) is 62.3 Å². The lowest BCUT2D eigenvalue weighted by Crippen LogP contribution is -2.44. The SMILES string of the molecule is CC(C)[B]C(C)(C)OCC(C)(CO)COC(C)(C)[B]C(C)C. The normalized spacial score (nSPS) is 13.8. The molecule has 0 fully saturated rings. The molecule has 0 saturated carbocycles. The molecule has 3 nitrogen and oxygen atoms in total. The Kier molecular flexibility index (Phi) is 8.75. The number of aliphatic hydroxyl groups is 1. The molecule has 0 unspecified atom stereocenters. The van der Waals surface area contributed by atoms with Gasteiger partial charge in [-0.25, -0.2) is 0 Å². The van der Waals surface area contributed by atoms with Gasteiger partial charge in [0.2, 0.25) is 0 Å². The van der Waals surface area contributed by atoms with E-state index in [1.54, 1.807) is 0 Å². The Bertz CT molecular complexity index is 289.